The summed E-state index contributed by atoms with van der Waals surface area (Å²) in [4.78, 5) is 0. The van der Waals surface area contributed by atoms with Crippen LogP contribution in [0, 0.1) is 0 Å². The Morgan fingerprint density at radius 1 is 1.20 bits per heavy atom. The van der Waals surface area contributed by atoms with E-state index in [0.29, 0.717) is 0 Å². The van der Waals surface area contributed by atoms with Crippen LogP contribution in [0.4, 0.5) is 0 Å². The van der Waals surface area contributed by atoms with E-state index in [-0.39, 0.29) is 0 Å². The Labute approximate surface area is 35.7 Å². The van der Waals surface area contributed by atoms with Crippen LogP contribution in [-0.2, 0) is 0 Å². The third-order valence-corrected chi connectivity index (χ3v) is 0. The topological polar surface area (TPSA) is 0 Å². The van der Waals surface area contributed by atoms with E-state index in [1.807, 2.05) is 0 Å². The Hall–Kier alpha value is 0.495. The predicted octanol–water partition coefficient (Wildman–Crippen LogP) is 0.977. The van der Waals surface area contributed by atoms with E-state index in [2.05, 4.69) is 20.0 Å². The lowest BCUT2D eigenvalue weighted by atomic mass is 10.8. The molecule has 0 aromatic rings. The number of hydrogen-bond donors (Lipinski definition) is 0. The molecule has 0 saturated heterocycles. The minimum atomic E-state index is -0.889. The first-order chi connectivity index (χ1) is 2.00. The summed E-state index contributed by atoms with van der Waals surface area (Å²) in [5.74, 6) is 0. The van der Waals surface area contributed by atoms with E-state index in [0.717, 1.165) is 0 Å². The fourth-order valence-corrected chi connectivity index (χ4v) is 0. The van der Waals surface area contributed by atoms with Crippen LogP contribution in [0.2, 0.25) is 0 Å². The summed E-state index contributed by atoms with van der Waals surface area (Å²) in [6, 6.07) is 0. The van der Waals surface area contributed by atoms with Crippen LogP contribution in [0.25, 0.3) is 0 Å². The van der Waals surface area contributed by atoms with Crippen molar-refractivity contribution in [2.75, 3.05) is 20.0 Å². The molecule has 0 fully saturated rings. The molecule has 0 heterocycles. The first-order valence-corrected chi connectivity index (χ1v) is 4.80. The fourth-order valence-electron chi connectivity index (χ4n) is 0. The van der Waals surface area contributed by atoms with Gasteiger partial charge in [-0.05, 0) is 7.14 Å². The van der Waals surface area contributed by atoms with E-state index >= 15 is 0 Å². The Morgan fingerprint density at radius 3 is 1.20 bits per heavy atom. The first-order valence-electron chi connectivity index (χ1n) is 1.60. The van der Waals surface area contributed by atoms with Gasteiger partial charge in [-0.1, -0.05) is 0 Å². The summed E-state index contributed by atoms with van der Waals surface area (Å²) in [6.07, 6.45) is 0. The molecule has 0 amide bonds. The molecule has 0 nitrogen and oxygen atoms in total. The van der Waals surface area contributed by atoms with Gasteiger partial charge in [0.15, 0.2) is 0 Å². The zero-order valence-corrected chi connectivity index (χ0v) is 4.92. The molecule has 0 rings (SSSR count). The highest BCUT2D eigenvalue weighted by Crippen LogP contribution is 2.38. The molecule has 0 saturated carbocycles. The molecule has 2 heteroatoms. The van der Waals surface area contributed by atoms with Gasteiger partial charge in [0.2, 0.25) is 0 Å². The number of rotatable bonds is 0. The van der Waals surface area contributed by atoms with Crippen LogP contribution >= 0.6 is 7.14 Å². The maximum absolute atomic E-state index is 5.47. The summed E-state index contributed by atoms with van der Waals surface area (Å²) >= 11 is 0. The summed E-state index contributed by atoms with van der Waals surface area (Å²) in [5, 5.41) is 0. The second-order valence-electron chi connectivity index (χ2n) is 2.12. The van der Waals surface area contributed by atoms with Crippen molar-refractivity contribution < 1.29 is 0 Å². The molecule has 2 radical (unpaired) electrons. The summed E-state index contributed by atoms with van der Waals surface area (Å²) in [7, 11) is 4.58. The van der Waals surface area contributed by atoms with Gasteiger partial charge in [-0.25, -0.2) is 0 Å². The molecule has 0 aliphatic rings. The Kier molecular flexibility index (Phi) is 1.43. The molecule has 28 valence electrons. The van der Waals surface area contributed by atoms with Crippen molar-refractivity contribution in [3.63, 3.8) is 0 Å². The highest BCUT2D eigenvalue weighted by Gasteiger charge is 2.04. The molecule has 0 aromatic carbocycles. The molecule has 0 aliphatic carbocycles. The smallest absolute Gasteiger partial charge is 0.0492 e. The van der Waals surface area contributed by atoms with Crippen LogP contribution in [-0.4, -0.2) is 27.6 Å². The lowest BCUT2D eigenvalue weighted by Gasteiger charge is -1.97. The van der Waals surface area contributed by atoms with Crippen molar-refractivity contribution >= 4 is 14.7 Å². The van der Waals surface area contributed by atoms with Crippen molar-refractivity contribution in [3.8, 4) is 0 Å². The maximum atomic E-state index is 5.47. The number of hydrogen-bond acceptors (Lipinski definition) is 0. The molecule has 0 unspecified atom stereocenters. The second kappa shape index (κ2) is 1.30. The maximum Gasteiger partial charge on any atom is 0.364 e. The zero-order chi connectivity index (χ0) is 4.50. The third-order valence-electron chi connectivity index (χ3n) is 0. The molecule has 0 spiro atoms. The van der Waals surface area contributed by atoms with Crippen molar-refractivity contribution in [1.29, 1.82) is 0 Å². The minimum absolute atomic E-state index is 0.889. The van der Waals surface area contributed by atoms with Gasteiger partial charge in [0.1, 0.15) is 0 Å². The summed E-state index contributed by atoms with van der Waals surface area (Å²) in [6.45, 7) is 6.23. The monoisotopic (exact) mass is 87.1 g/mol. The molecule has 0 bridgehead atoms. The molecule has 0 aromatic heterocycles. The third kappa shape index (κ3) is 114. The highest BCUT2D eigenvalue weighted by atomic mass is 31.2. The Balaban J connectivity index is 3.02. The van der Waals surface area contributed by atoms with E-state index in [1.165, 1.54) is 0 Å². The molecule has 5 heavy (non-hydrogen) atoms. The van der Waals surface area contributed by atoms with Gasteiger partial charge in [0.05, 0.1) is 0 Å². The molecular formula is C3H9BP+. The van der Waals surface area contributed by atoms with E-state index in [9.17, 15) is 0 Å². The average molecular weight is 86.9 g/mol. The molecular weight excluding hydrogens is 77.8 g/mol. The van der Waals surface area contributed by atoms with Gasteiger partial charge in [0, 0.05) is 20.0 Å². The van der Waals surface area contributed by atoms with Gasteiger partial charge in [-0.2, -0.15) is 0 Å². The van der Waals surface area contributed by atoms with E-state index in [4.69, 9.17) is 7.57 Å². The van der Waals surface area contributed by atoms with Crippen LogP contribution in [0.3, 0.4) is 0 Å². The molecule has 0 aliphatic heterocycles. The van der Waals surface area contributed by atoms with Gasteiger partial charge in [-0.15, -0.1) is 0 Å². The van der Waals surface area contributed by atoms with Crippen molar-refractivity contribution in [2.24, 2.45) is 0 Å². The predicted molar refractivity (Wildman–Crippen MR) is 30.4 cm³/mol. The van der Waals surface area contributed by atoms with Crippen LogP contribution < -0.4 is 0 Å². The van der Waals surface area contributed by atoms with Gasteiger partial charge in [-0.3, -0.25) is 0 Å². The van der Waals surface area contributed by atoms with E-state index < -0.39 is 7.14 Å². The average Bonchev–Trinajstić information content (AvgIpc) is 0.722. The zero-order valence-electron chi connectivity index (χ0n) is 4.02. The normalized spacial score (nSPS) is 11.8. The molecule has 0 N–H and O–H groups in total. The lowest BCUT2D eigenvalue weighted by Crippen LogP contribution is -1.77. The Morgan fingerprint density at radius 2 is 1.20 bits per heavy atom. The fraction of sp³-hybridized carbons (Fsp3) is 1.00. The standard InChI is InChI=1S/C3H9BP/c1-5(2,3)4/h1-3H3/q+1. The van der Waals surface area contributed by atoms with Gasteiger partial charge in [0.25, 0.3) is 0 Å². The lowest BCUT2D eigenvalue weighted by molar-refractivity contribution is 2.10. The first kappa shape index (κ1) is 5.49. The summed E-state index contributed by atoms with van der Waals surface area (Å²) in [5.41, 5.74) is 0. The SMILES string of the molecule is [B][P+](C)(C)C. The van der Waals surface area contributed by atoms with Crippen molar-refractivity contribution in [2.45, 2.75) is 0 Å². The quantitative estimate of drug-likeness (QED) is 0.305. The van der Waals surface area contributed by atoms with Crippen molar-refractivity contribution in [3.05, 3.63) is 0 Å². The van der Waals surface area contributed by atoms with Crippen LogP contribution in [0.5, 0.6) is 0 Å². The molecule has 0 atom stereocenters. The summed E-state index contributed by atoms with van der Waals surface area (Å²) < 4.78 is 0. The van der Waals surface area contributed by atoms with Crippen LogP contribution in [0.15, 0.2) is 0 Å². The van der Waals surface area contributed by atoms with Gasteiger partial charge < -0.3 is 0 Å². The second-order valence-corrected chi connectivity index (χ2v) is 6.35. The van der Waals surface area contributed by atoms with Crippen molar-refractivity contribution in [1.82, 2.24) is 0 Å². The Bertz CT molecular complexity index is 22.4. The van der Waals surface area contributed by atoms with Gasteiger partial charge >= 0.3 is 7.57 Å². The minimum Gasteiger partial charge on any atom is -0.0492 e. The highest BCUT2D eigenvalue weighted by molar-refractivity contribution is 7.95. The van der Waals surface area contributed by atoms with E-state index in [1.54, 1.807) is 0 Å². The van der Waals surface area contributed by atoms with Crippen LogP contribution in [0.1, 0.15) is 0 Å². The largest absolute Gasteiger partial charge is 0.364 e.